The molecule has 0 aliphatic heterocycles. The number of ether oxygens (including phenoxy) is 1. The van der Waals surface area contributed by atoms with E-state index in [4.69, 9.17) is 9.26 Å². The molecule has 0 atom stereocenters. The van der Waals surface area contributed by atoms with Crippen molar-refractivity contribution in [2.45, 2.75) is 13.1 Å². The van der Waals surface area contributed by atoms with Crippen molar-refractivity contribution in [2.75, 3.05) is 20.3 Å². The second-order valence-corrected chi connectivity index (χ2v) is 4.99. The van der Waals surface area contributed by atoms with Gasteiger partial charge < -0.3 is 19.1 Å². The normalized spacial score (nSPS) is 11.3. The number of fused-ring (bicyclic) bond motifs is 1. The second-order valence-electron chi connectivity index (χ2n) is 4.99. The molecule has 1 N–H and O–H groups in total. The zero-order valence-electron chi connectivity index (χ0n) is 12.1. The summed E-state index contributed by atoms with van der Waals surface area (Å²) >= 11 is 0. The predicted octanol–water partition coefficient (Wildman–Crippen LogP) is 2.41. The molecule has 0 aliphatic rings. The van der Waals surface area contributed by atoms with Crippen LogP contribution < -0.4 is 5.32 Å². The molecule has 0 amide bonds. The summed E-state index contributed by atoms with van der Waals surface area (Å²) in [6.07, 6.45) is 3.75. The fraction of sp³-hybridized carbons (Fsp3) is 0.312. The monoisotopic (exact) mass is 285 g/mol. The molecule has 0 radical (unpaired) electrons. The van der Waals surface area contributed by atoms with E-state index in [1.54, 1.807) is 13.3 Å². The van der Waals surface area contributed by atoms with Crippen LogP contribution in [-0.4, -0.2) is 30.0 Å². The number of nitrogens with one attached hydrogen (secondary N) is 1. The van der Waals surface area contributed by atoms with E-state index in [-0.39, 0.29) is 0 Å². The number of aromatic nitrogens is 2. The third kappa shape index (κ3) is 3.32. The van der Waals surface area contributed by atoms with Gasteiger partial charge in [-0.1, -0.05) is 17.3 Å². The summed E-state index contributed by atoms with van der Waals surface area (Å²) in [4.78, 5) is 0. The first-order valence-electron chi connectivity index (χ1n) is 7.04. The lowest BCUT2D eigenvalue weighted by Gasteiger charge is -2.07. The molecular formula is C16H19N3O2. The van der Waals surface area contributed by atoms with Crippen molar-refractivity contribution in [3.63, 3.8) is 0 Å². The fourth-order valence-electron chi connectivity index (χ4n) is 2.38. The molecule has 0 saturated carbocycles. The number of nitrogens with zero attached hydrogens (tertiary/aromatic N) is 2. The minimum absolute atomic E-state index is 0.698. The number of hydrogen-bond acceptors (Lipinski definition) is 4. The van der Waals surface area contributed by atoms with Crippen LogP contribution in [0.1, 0.15) is 11.3 Å². The lowest BCUT2D eigenvalue weighted by molar-refractivity contribution is 0.199. The van der Waals surface area contributed by atoms with Gasteiger partial charge in [-0.3, -0.25) is 0 Å². The van der Waals surface area contributed by atoms with E-state index in [9.17, 15) is 0 Å². The Kier molecular flexibility index (Phi) is 4.33. The minimum atomic E-state index is 0.698. The van der Waals surface area contributed by atoms with Gasteiger partial charge in [0.25, 0.3) is 0 Å². The molecule has 0 bridgehead atoms. The highest BCUT2D eigenvalue weighted by Crippen LogP contribution is 2.19. The average Bonchev–Trinajstić information content (AvgIpc) is 3.14. The first-order valence-corrected chi connectivity index (χ1v) is 7.04. The van der Waals surface area contributed by atoms with Crippen LogP contribution in [0.4, 0.5) is 0 Å². The first-order chi connectivity index (χ1) is 10.4. The topological polar surface area (TPSA) is 52.2 Å². The highest BCUT2D eigenvalue weighted by atomic mass is 16.5. The lowest BCUT2D eigenvalue weighted by Crippen LogP contribution is -2.18. The zero-order chi connectivity index (χ0) is 14.5. The van der Waals surface area contributed by atoms with Gasteiger partial charge in [0.15, 0.2) is 5.76 Å². The Balaban J connectivity index is 1.75. The molecule has 1 aromatic carbocycles. The van der Waals surface area contributed by atoms with Gasteiger partial charge in [0.2, 0.25) is 0 Å². The zero-order valence-corrected chi connectivity index (χ0v) is 12.1. The van der Waals surface area contributed by atoms with Gasteiger partial charge >= 0.3 is 0 Å². The standard InChI is InChI=1S/C16H19N3O2/c1-20-9-7-17-11-13-2-3-14-5-8-19(16(14)10-13)12-15-4-6-18-21-15/h2-6,8,10,17H,7,9,11-12H2,1H3. The molecule has 0 aliphatic carbocycles. The van der Waals surface area contributed by atoms with Gasteiger partial charge in [0, 0.05) is 38.0 Å². The van der Waals surface area contributed by atoms with Gasteiger partial charge in [-0.25, -0.2) is 0 Å². The van der Waals surface area contributed by atoms with Crippen molar-refractivity contribution in [2.24, 2.45) is 0 Å². The summed E-state index contributed by atoms with van der Waals surface area (Å²) in [5, 5.41) is 8.34. The summed E-state index contributed by atoms with van der Waals surface area (Å²) in [6.45, 7) is 3.12. The summed E-state index contributed by atoms with van der Waals surface area (Å²) < 4.78 is 12.4. The molecule has 0 fully saturated rings. The van der Waals surface area contributed by atoms with Crippen molar-refractivity contribution in [3.8, 4) is 0 Å². The summed E-state index contributed by atoms with van der Waals surface area (Å²) in [5.74, 6) is 0.858. The Bertz CT molecular complexity index is 689. The molecule has 21 heavy (non-hydrogen) atoms. The Morgan fingerprint density at radius 1 is 1.29 bits per heavy atom. The van der Waals surface area contributed by atoms with Crippen LogP contribution in [0.15, 0.2) is 47.2 Å². The van der Waals surface area contributed by atoms with Crippen LogP contribution in [0.25, 0.3) is 10.9 Å². The Hall–Kier alpha value is -2.11. The number of rotatable bonds is 7. The van der Waals surface area contributed by atoms with Crippen molar-refractivity contribution in [1.82, 2.24) is 15.0 Å². The summed E-state index contributed by atoms with van der Waals surface area (Å²) in [7, 11) is 1.71. The quantitative estimate of drug-likeness (QED) is 0.677. The van der Waals surface area contributed by atoms with Crippen molar-refractivity contribution in [3.05, 3.63) is 54.0 Å². The predicted molar refractivity (Wildman–Crippen MR) is 81.1 cm³/mol. The molecule has 3 aromatic rings. The molecule has 110 valence electrons. The van der Waals surface area contributed by atoms with Crippen LogP contribution in [0.5, 0.6) is 0 Å². The van der Waals surface area contributed by atoms with Crippen LogP contribution in [0.2, 0.25) is 0 Å². The average molecular weight is 285 g/mol. The molecule has 2 heterocycles. The van der Waals surface area contributed by atoms with E-state index >= 15 is 0 Å². The first kappa shape index (κ1) is 13.9. The Labute approximate surface area is 123 Å². The largest absolute Gasteiger partial charge is 0.383 e. The maximum Gasteiger partial charge on any atom is 0.156 e. The minimum Gasteiger partial charge on any atom is -0.383 e. The highest BCUT2D eigenvalue weighted by molar-refractivity contribution is 5.80. The van der Waals surface area contributed by atoms with Gasteiger partial charge in [-0.05, 0) is 23.1 Å². The van der Waals surface area contributed by atoms with Gasteiger partial charge in [-0.15, -0.1) is 0 Å². The van der Waals surface area contributed by atoms with Crippen molar-refractivity contribution in [1.29, 1.82) is 0 Å². The van der Waals surface area contributed by atoms with E-state index < -0.39 is 0 Å². The third-order valence-electron chi connectivity index (χ3n) is 3.47. The van der Waals surface area contributed by atoms with Gasteiger partial charge in [0.05, 0.1) is 19.3 Å². The highest BCUT2D eigenvalue weighted by Gasteiger charge is 2.05. The summed E-state index contributed by atoms with van der Waals surface area (Å²) in [6, 6.07) is 10.5. The molecule has 5 nitrogen and oxygen atoms in total. The van der Waals surface area contributed by atoms with Gasteiger partial charge in [0.1, 0.15) is 0 Å². The third-order valence-corrected chi connectivity index (χ3v) is 3.47. The van der Waals surface area contributed by atoms with E-state index in [2.05, 4.69) is 45.5 Å². The Morgan fingerprint density at radius 3 is 3.05 bits per heavy atom. The molecule has 2 aromatic heterocycles. The van der Waals surface area contributed by atoms with Crippen LogP contribution >= 0.6 is 0 Å². The van der Waals surface area contributed by atoms with Crippen LogP contribution in [0, 0.1) is 0 Å². The van der Waals surface area contributed by atoms with E-state index in [0.717, 1.165) is 25.5 Å². The van der Waals surface area contributed by atoms with E-state index in [1.165, 1.54) is 16.5 Å². The molecule has 0 spiro atoms. The van der Waals surface area contributed by atoms with Gasteiger partial charge in [-0.2, -0.15) is 0 Å². The molecule has 3 rings (SSSR count). The summed E-state index contributed by atoms with van der Waals surface area (Å²) in [5.41, 5.74) is 2.47. The van der Waals surface area contributed by atoms with Crippen molar-refractivity contribution >= 4 is 10.9 Å². The number of methoxy groups -OCH3 is 1. The maximum atomic E-state index is 5.18. The van der Waals surface area contributed by atoms with E-state index in [1.807, 2.05) is 6.07 Å². The maximum absolute atomic E-state index is 5.18. The molecule has 0 saturated heterocycles. The lowest BCUT2D eigenvalue weighted by atomic mass is 10.1. The van der Waals surface area contributed by atoms with Crippen molar-refractivity contribution < 1.29 is 9.26 Å². The SMILES string of the molecule is COCCNCc1ccc2ccn(Cc3ccno3)c2c1. The van der Waals surface area contributed by atoms with Crippen LogP contribution in [0.3, 0.4) is 0 Å². The number of benzene rings is 1. The molecular weight excluding hydrogens is 266 g/mol. The fourth-order valence-corrected chi connectivity index (χ4v) is 2.38. The molecule has 5 heteroatoms. The number of hydrogen-bond donors (Lipinski definition) is 1. The Morgan fingerprint density at radius 2 is 2.24 bits per heavy atom. The molecule has 0 unspecified atom stereocenters. The van der Waals surface area contributed by atoms with E-state index in [0.29, 0.717) is 6.54 Å². The second kappa shape index (κ2) is 6.56. The smallest absolute Gasteiger partial charge is 0.156 e. The van der Waals surface area contributed by atoms with Crippen LogP contribution in [-0.2, 0) is 17.8 Å².